The molecule has 0 aliphatic carbocycles. The van der Waals surface area contributed by atoms with Crippen LogP contribution in [-0.2, 0) is 24.5 Å². The molecule has 7 nitrogen and oxygen atoms in total. The van der Waals surface area contributed by atoms with Crippen molar-refractivity contribution in [3.05, 3.63) is 72.7 Å². The zero-order valence-corrected chi connectivity index (χ0v) is 16.7. The van der Waals surface area contributed by atoms with E-state index in [2.05, 4.69) is 22.1 Å². The molecule has 152 valence electrons. The predicted molar refractivity (Wildman–Crippen MR) is 107 cm³/mol. The number of hydrogen-bond donors (Lipinski definition) is 1. The summed E-state index contributed by atoms with van der Waals surface area (Å²) in [7, 11) is 0. The van der Waals surface area contributed by atoms with Crippen LogP contribution in [0.3, 0.4) is 0 Å². The van der Waals surface area contributed by atoms with Gasteiger partial charge in [0.15, 0.2) is 11.0 Å². The zero-order chi connectivity index (χ0) is 20.6. The Morgan fingerprint density at radius 1 is 1.38 bits per heavy atom. The van der Waals surface area contributed by atoms with Gasteiger partial charge in [-0.1, -0.05) is 17.8 Å². The lowest BCUT2D eigenvalue weighted by Gasteiger charge is -2.12. The number of furan rings is 1. The molecule has 29 heavy (non-hydrogen) atoms. The number of amides is 1. The summed E-state index contributed by atoms with van der Waals surface area (Å²) in [5.74, 6) is 1.33. The van der Waals surface area contributed by atoms with Crippen molar-refractivity contribution in [2.24, 2.45) is 0 Å². The van der Waals surface area contributed by atoms with Gasteiger partial charge < -0.3 is 14.5 Å². The molecule has 2 aromatic heterocycles. The van der Waals surface area contributed by atoms with E-state index in [1.165, 1.54) is 23.9 Å². The molecule has 0 saturated heterocycles. The van der Waals surface area contributed by atoms with E-state index in [1.807, 2.05) is 4.57 Å². The molecular weight excluding hydrogens is 395 g/mol. The van der Waals surface area contributed by atoms with Gasteiger partial charge in [0.25, 0.3) is 0 Å². The van der Waals surface area contributed by atoms with Crippen molar-refractivity contribution in [1.29, 1.82) is 0 Å². The summed E-state index contributed by atoms with van der Waals surface area (Å²) >= 11 is 1.29. The van der Waals surface area contributed by atoms with E-state index in [0.717, 1.165) is 0 Å². The summed E-state index contributed by atoms with van der Waals surface area (Å²) in [6.45, 7) is 6.51. The third kappa shape index (κ3) is 5.71. The number of rotatable bonds is 10. The maximum atomic E-state index is 13.0. The number of carbonyl (C=O) groups excluding carboxylic acids is 1. The first kappa shape index (κ1) is 20.7. The third-order valence-corrected chi connectivity index (χ3v) is 5.04. The zero-order valence-electron chi connectivity index (χ0n) is 15.9. The Labute approximate surface area is 172 Å². The van der Waals surface area contributed by atoms with Crippen LogP contribution in [0.1, 0.15) is 18.5 Å². The minimum Gasteiger partial charge on any atom is -0.486 e. The fourth-order valence-electron chi connectivity index (χ4n) is 2.45. The minimum atomic E-state index is -0.386. The summed E-state index contributed by atoms with van der Waals surface area (Å²) in [6.07, 6.45) is 3.28. The normalized spacial score (nSPS) is 11.8. The fourth-order valence-corrected chi connectivity index (χ4v) is 3.35. The van der Waals surface area contributed by atoms with Crippen molar-refractivity contribution in [3.8, 4) is 5.75 Å². The van der Waals surface area contributed by atoms with Gasteiger partial charge in [-0.25, -0.2) is 4.39 Å². The standard InChI is InChI=1S/C20H21FN4O3S/c1-3-10-25-18(13-28-16-8-6-15(21)7-9-16)23-24-20(25)29-14(2)19(26)22-12-17-5-4-11-27-17/h3-9,11,14H,1,10,12-13H2,2H3,(H,22,26)/t14-/m1/s1. The highest BCUT2D eigenvalue weighted by atomic mass is 32.2. The smallest absolute Gasteiger partial charge is 0.233 e. The molecule has 0 saturated carbocycles. The molecule has 1 aromatic carbocycles. The number of allylic oxidation sites excluding steroid dienone is 1. The average molecular weight is 416 g/mol. The van der Waals surface area contributed by atoms with Crippen molar-refractivity contribution >= 4 is 17.7 Å². The number of ether oxygens (including phenoxy) is 1. The molecule has 1 N–H and O–H groups in total. The molecule has 0 aliphatic rings. The van der Waals surface area contributed by atoms with Crippen LogP contribution in [0, 0.1) is 5.82 Å². The Morgan fingerprint density at radius 2 is 2.17 bits per heavy atom. The highest BCUT2D eigenvalue weighted by Gasteiger charge is 2.20. The summed E-state index contributed by atoms with van der Waals surface area (Å²) in [5.41, 5.74) is 0. The van der Waals surface area contributed by atoms with Crippen LogP contribution in [0.5, 0.6) is 5.75 Å². The van der Waals surface area contributed by atoms with Gasteiger partial charge >= 0.3 is 0 Å². The van der Waals surface area contributed by atoms with Crippen LogP contribution < -0.4 is 10.1 Å². The highest BCUT2D eigenvalue weighted by molar-refractivity contribution is 8.00. The third-order valence-electron chi connectivity index (χ3n) is 3.96. The van der Waals surface area contributed by atoms with Crippen LogP contribution >= 0.6 is 11.8 Å². The lowest BCUT2D eigenvalue weighted by Crippen LogP contribution is -2.30. The van der Waals surface area contributed by atoms with Gasteiger partial charge in [0, 0.05) is 6.54 Å². The highest BCUT2D eigenvalue weighted by Crippen LogP contribution is 2.23. The van der Waals surface area contributed by atoms with E-state index in [4.69, 9.17) is 9.15 Å². The summed E-state index contributed by atoms with van der Waals surface area (Å²) in [6, 6.07) is 9.32. The maximum Gasteiger partial charge on any atom is 0.233 e. The van der Waals surface area contributed by atoms with Crippen LogP contribution in [0.15, 0.2) is 64.9 Å². The Kier molecular flexibility index (Phi) is 7.07. The van der Waals surface area contributed by atoms with E-state index in [1.54, 1.807) is 43.5 Å². The molecule has 3 rings (SSSR count). The maximum absolute atomic E-state index is 13.0. The molecule has 1 amide bonds. The molecule has 0 radical (unpaired) electrons. The van der Waals surface area contributed by atoms with Gasteiger partial charge in [0.2, 0.25) is 5.91 Å². The Balaban J connectivity index is 1.61. The van der Waals surface area contributed by atoms with E-state index < -0.39 is 0 Å². The average Bonchev–Trinajstić information content (AvgIpc) is 3.37. The number of aromatic nitrogens is 3. The van der Waals surface area contributed by atoms with E-state index in [9.17, 15) is 9.18 Å². The monoisotopic (exact) mass is 416 g/mol. The van der Waals surface area contributed by atoms with Gasteiger partial charge in [-0.2, -0.15) is 0 Å². The lowest BCUT2D eigenvalue weighted by molar-refractivity contribution is -0.120. The summed E-state index contributed by atoms with van der Waals surface area (Å²) in [4.78, 5) is 12.4. The number of nitrogens with one attached hydrogen (secondary N) is 1. The second-order valence-corrected chi connectivity index (χ2v) is 7.41. The number of carbonyl (C=O) groups is 1. The van der Waals surface area contributed by atoms with Crippen molar-refractivity contribution in [2.75, 3.05) is 0 Å². The van der Waals surface area contributed by atoms with E-state index in [-0.39, 0.29) is 23.6 Å². The molecular formula is C20H21FN4O3S. The summed E-state index contributed by atoms with van der Waals surface area (Å²) in [5, 5.41) is 11.4. The number of nitrogens with zero attached hydrogens (tertiary/aromatic N) is 3. The molecule has 3 aromatic rings. The second-order valence-electron chi connectivity index (χ2n) is 6.10. The Bertz CT molecular complexity index is 941. The number of benzene rings is 1. The van der Waals surface area contributed by atoms with Crippen LogP contribution in [0.25, 0.3) is 0 Å². The van der Waals surface area contributed by atoms with Crippen molar-refractivity contribution < 1.29 is 18.3 Å². The lowest BCUT2D eigenvalue weighted by atomic mass is 10.3. The van der Waals surface area contributed by atoms with Crippen molar-refractivity contribution in [1.82, 2.24) is 20.1 Å². The van der Waals surface area contributed by atoms with Crippen LogP contribution in [-0.4, -0.2) is 25.9 Å². The van der Waals surface area contributed by atoms with Gasteiger partial charge in [0.05, 0.1) is 18.1 Å². The van der Waals surface area contributed by atoms with E-state index in [0.29, 0.717) is 35.6 Å². The molecule has 0 aliphatic heterocycles. The van der Waals surface area contributed by atoms with E-state index >= 15 is 0 Å². The summed E-state index contributed by atoms with van der Waals surface area (Å²) < 4.78 is 25.7. The minimum absolute atomic E-state index is 0.135. The van der Waals surface area contributed by atoms with Crippen molar-refractivity contribution in [2.45, 2.75) is 37.0 Å². The first-order chi connectivity index (χ1) is 14.1. The van der Waals surface area contributed by atoms with Gasteiger partial charge in [-0.05, 0) is 43.3 Å². The van der Waals surface area contributed by atoms with Gasteiger partial charge in [0.1, 0.15) is 23.9 Å². The molecule has 0 bridgehead atoms. The quantitative estimate of drug-likeness (QED) is 0.402. The van der Waals surface area contributed by atoms with Crippen LogP contribution in [0.2, 0.25) is 0 Å². The van der Waals surface area contributed by atoms with Gasteiger partial charge in [-0.3, -0.25) is 9.36 Å². The molecule has 0 unspecified atom stereocenters. The molecule has 2 heterocycles. The second kappa shape index (κ2) is 9.92. The Hall–Kier alpha value is -3.07. The SMILES string of the molecule is C=CCn1c(COc2ccc(F)cc2)nnc1S[C@H](C)C(=O)NCc1ccco1. The number of halogens is 1. The van der Waals surface area contributed by atoms with Gasteiger partial charge in [-0.15, -0.1) is 16.8 Å². The number of hydrogen-bond acceptors (Lipinski definition) is 6. The van der Waals surface area contributed by atoms with Crippen LogP contribution in [0.4, 0.5) is 4.39 Å². The Morgan fingerprint density at radius 3 is 2.86 bits per heavy atom. The first-order valence-corrected chi connectivity index (χ1v) is 9.83. The first-order valence-electron chi connectivity index (χ1n) is 8.95. The van der Waals surface area contributed by atoms with Crippen molar-refractivity contribution in [3.63, 3.8) is 0 Å². The molecule has 0 fully saturated rings. The predicted octanol–water partition coefficient (Wildman–Crippen LogP) is 3.57. The molecule has 9 heteroatoms. The molecule has 0 spiro atoms. The largest absolute Gasteiger partial charge is 0.486 e. The number of thioether (sulfide) groups is 1. The molecule has 1 atom stereocenters. The topological polar surface area (TPSA) is 82.2 Å². The fraction of sp³-hybridized carbons (Fsp3) is 0.250.